The molecule has 0 unspecified atom stereocenters. The van der Waals surface area contributed by atoms with Gasteiger partial charge in [0.25, 0.3) is 19.2 Å². The van der Waals surface area contributed by atoms with Crippen molar-refractivity contribution in [1.29, 1.82) is 0 Å². The molecule has 0 heterocycles. The van der Waals surface area contributed by atoms with Gasteiger partial charge in [-0.25, -0.2) is 8.42 Å². The Bertz CT molecular complexity index is 1840. The molecule has 412 valence electrons. The second-order valence-electron chi connectivity index (χ2n) is 16.9. The highest BCUT2D eigenvalue weighted by molar-refractivity contribution is 8.13. The minimum absolute atomic E-state index is 0.0257. The van der Waals surface area contributed by atoms with Gasteiger partial charge in [-0.2, -0.15) is 8.42 Å². The van der Waals surface area contributed by atoms with Gasteiger partial charge in [0.15, 0.2) is 0 Å². The van der Waals surface area contributed by atoms with Crippen LogP contribution in [0.3, 0.4) is 0 Å². The van der Waals surface area contributed by atoms with Crippen LogP contribution in [0, 0.1) is 13.8 Å². The van der Waals surface area contributed by atoms with Crippen LogP contribution in [-0.4, -0.2) is 190 Å². The van der Waals surface area contributed by atoms with Gasteiger partial charge in [0.05, 0.1) is 168 Å². The lowest BCUT2D eigenvalue weighted by Crippen LogP contribution is -2.24. The Kier molecular flexibility index (Phi) is 39.7. The van der Waals surface area contributed by atoms with Gasteiger partial charge in [0.2, 0.25) is 0 Å². The SMILES string of the molecule is CC(C)(C)OC(=O)CCOCCOCCOCCOCCOCCO.Cc1ccc(S(=O)(=O)Cl)cc1.Cc1ccc(S(=O)(=O)OCCOCCOCCOCCOCCOCCC(=O)OC(C)(C)C)cc1. The minimum atomic E-state index is -3.77. The highest BCUT2D eigenvalue weighted by Crippen LogP contribution is 2.15. The third-order valence-corrected chi connectivity index (χ3v) is 10.7. The summed E-state index contributed by atoms with van der Waals surface area (Å²) >= 11 is 0. The van der Waals surface area contributed by atoms with Crippen LogP contribution < -0.4 is 0 Å². The van der Waals surface area contributed by atoms with Crippen LogP contribution in [0.1, 0.15) is 65.5 Å². The van der Waals surface area contributed by atoms with Crippen LogP contribution >= 0.6 is 10.7 Å². The van der Waals surface area contributed by atoms with Crippen LogP contribution in [0.15, 0.2) is 58.3 Å². The summed E-state index contributed by atoms with van der Waals surface area (Å²) < 4.78 is 114. The number of rotatable bonds is 38. The molecule has 0 aliphatic heterocycles. The van der Waals surface area contributed by atoms with Crippen LogP contribution in [0.5, 0.6) is 0 Å². The summed E-state index contributed by atoms with van der Waals surface area (Å²) in [4.78, 5) is 23.2. The number of hydrogen-bond acceptors (Lipinski definition) is 20. The third-order valence-electron chi connectivity index (χ3n) is 8.03. The Labute approximate surface area is 426 Å². The van der Waals surface area contributed by atoms with Crippen molar-refractivity contribution in [3.8, 4) is 0 Å². The van der Waals surface area contributed by atoms with Gasteiger partial charge in [0.1, 0.15) is 11.2 Å². The second-order valence-corrected chi connectivity index (χ2v) is 21.0. The third kappa shape index (κ3) is 45.4. The normalized spacial score (nSPS) is 11.9. The lowest BCUT2D eigenvalue weighted by molar-refractivity contribution is -0.157. The first-order valence-corrected chi connectivity index (χ1v) is 27.1. The first kappa shape index (κ1) is 68.1. The molecular weight excluding hydrogens is 996 g/mol. The van der Waals surface area contributed by atoms with Crippen LogP contribution in [0.4, 0.5) is 0 Å². The molecule has 20 nitrogen and oxygen atoms in total. The molecular formula is C48H81ClO20S2. The molecule has 2 aromatic rings. The van der Waals surface area contributed by atoms with E-state index >= 15 is 0 Å². The molecule has 23 heteroatoms. The zero-order valence-electron chi connectivity index (χ0n) is 43.0. The van der Waals surface area contributed by atoms with E-state index in [9.17, 15) is 26.4 Å². The number of carbonyl (C=O) groups excluding carboxylic acids is 2. The van der Waals surface area contributed by atoms with E-state index in [1.165, 1.54) is 24.3 Å². The summed E-state index contributed by atoms with van der Waals surface area (Å²) in [5, 5.41) is 8.50. The van der Waals surface area contributed by atoms with E-state index < -0.39 is 30.4 Å². The maximum absolute atomic E-state index is 12.0. The van der Waals surface area contributed by atoms with Gasteiger partial charge < -0.3 is 61.9 Å². The maximum Gasteiger partial charge on any atom is 0.308 e. The van der Waals surface area contributed by atoms with Crippen molar-refractivity contribution in [3.63, 3.8) is 0 Å². The minimum Gasteiger partial charge on any atom is -0.460 e. The summed E-state index contributed by atoms with van der Waals surface area (Å²) in [7, 11) is -2.23. The van der Waals surface area contributed by atoms with E-state index in [0.717, 1.165) is 11.1 Å². The molecule has 0 aromatic heterocycles. The predicted molar refractivity (Wildman–Crippen MR) is 265 cm³/mol. The standard InChI is InChI=1S/C24H40O10S.C17H34O8.C7H7ClO2S/c1-21-5-7-22(8-6-21)35(26,27)33-20-19-32-18-17-31-16-15-30-14-13-29-12-11-28-10-9-23(25)34-24(2,3)4;1-17(2,3)25-16(19)4-6-20-8-10-22-12-14-24-15-13-23-11-9-21-7-5-18;1-6-2-4-7(5-3-6)11(8,9)10/h5-8H,9-20H2,1-4H3;18H,4-15H2,1-3H3;2-5H,1H3. The Morgan fingerprint density at radius 2 is 0.676 bits per heavy atom. The summed E-state index contributed by atoms with van der Waals surface area (Å²) in [5.74, 6) is -0.539. The van der Waals surface area contributed by atoms with Gasteiger partial charge in [0, 0.05) is 10.7 Å². The quantitative estimate of drug-likeness (QED) is 0.0392. The van der Waals surface area contributed by atoms with E-state index in [1.807, 2.05) is 55.4 Å². The molecule has 71 heavy (non-hydrogen) atoms. The topological polar surface area (TPSA) is 243 Å². The summed E-state index contributed by atoms with van der Waals surface area (Å²) in [6.07, 6.45) is 0.459. The molecule has 0 amide bonds. The molecule has 0 saturated heterocycles. The molecule has 1 N–H and O–H groups in total. The van der Waals surface area contributed by atoms with Crippen LogP contribution in [0.25, 0.3) is 0 Å². The average molecular weight is 1080 g/mol. The molecule has 0 bridgehead atoms. The van der Waals surface area contributed by atoms with Crippen molar-refractivity contribution >= 4 is 41.8 Å². The van der Waals surface area contributed by atoms with Crippen LogP contribution in [-0.2, 0) is 89.8 Å². The van der Waals surface area contributed by atoms with Crippen molar-refractivity contribution in [3.05, 3.63) is 59.7 Å². The van der Waals surface area contributed by atoms with Crippen molar-refractivity contribution in [2.45, 2.75) is 89.2 Å². The van der Waals surface area contributed by atoms with Gasteiger partial charge >= 0.3 is 11.9 Å². The van der Waals surface area contributed by atoms with E-state index in [-0.39, 0.29) is 54.4 Å². The zero-order valence-corrected chi connectivity index (χ0v) is 45.4. The number of hydrogen-bond donors (Lipinski definition) is 1. The molecule has 0 atom stereocenters. The Hall–Kier alpha value is -2.91. The first-order valence-electron chi connectivity index (χ1n) is 23.3. The van der Waals surface area contributed by atoms with Gasteiger partial charge in [-0.1, -0.05) is 35.4 Å². The number of ether oxygens (including phenoxy) is 12. The molecule has 0 radical (unpaired) electrons. The van der Waals surface area contributed by atoms with E-state index in [0.29, 0.717) is 126 Å². The number of halogens is 1. The number of benzene rings is 2. The molecule has 0 fully saturated rings. The number of esters is 2. The molecule has 0 saturated carbocycles. The number of aliphatic hydroxyl groups is 1. The maximum atomic E-state index is 12.0. The summed E-state index contributed by atoms with van der Waals surface area (Å²) in [6, 6.07) is 12.8. The van der Waals surface area contributed by atoms with Crippen molar-refractivity contribution in [2.75, 3.05) is 145 Å². The predicted octanol–water partition coefficient (Wildman–Crippen LogP) is 5.23. The van der Waals surface area contributed by atoms with Gasteiger partial charge in [-0.15, -0.1) is 0 Å². The molecule has 2 rings (SSSR count). The molecule has 0 aliphatic rings. The Morgan fingerprint density at radius 3 is 0.944 bits per heavy atom. The lowest BCUT2D eigenvalue weighted by atomic mass is 10.2. The molecule has 2 aromatic carbocycles. The smallest absolute Gasteiger partial charge is 0.308 e. The summed E-state index contributed by atoms with van der Waals surface area (Å²) in [5.41, 5.74) is 1.04. The fraction of sp³-hybridized carbons (Fsp3) is 0.708. The largest absolute Gasteiger partial charge is 0.460 e. The fourth-order valence-electron chi connectivity index (χ4n) is 4.80. The van der Waals surface area contributed by atoms with Gasteiger partial charge in [-0.05, 0) is 79.7 Å². The highest BCUT2D eigenvalue weighted by Gasteiger charge is 2.17. The zero-order chi connectivity index (χ0) is 53.3. The van der Waals surface area contributed by atoms with Crippen molar-refractivity contribution in [1.82, 2.24) is 0 Å². The summed E-state index contributed by atoms with van der Waals surface area (Å²) in [6.45, 7) is 22.8. The molecule has 0 aliphatic carbocycles. The fourth-order valence-corrected chi connectivity index (χ4v) is 6.46. The average Bonchev–Trinajstić information content (AvgIpc) is 3.27. The number of aliphatic hydroxyl groups excluding tert-OH is 1. The highest BCUT2D eigenvalue weighted by atomic mass is 35.7. The first-order chi connectivity index (χ1) is 33.6. The molecule has 0 spiro atoms. The van der Waals surface area contributed by atoms with Crippen molar-refractivity contribution in [2.24, 2.45) is 0 Å². The van der Waals surface area contributed by atoms with E-state index in [2.05, 4.69) is 0 Å². The van der Waals surface area contributed by atoms with E-state index in [1.54, 1.807) is 24.3 Å². The Balaban J connectivity index is 0.00000117. The second kappa shape index (κ2) is 41.4. The monoisotopic (exact) mass is 1080 g/mol. The number of carbonyl (C=O) groups is 2. The Morgan fingerprint density at radius 1 is 0.423 bits per heavy atom. The van der Waals surface area contributed by atoms with Crippen LogP contribution in [0.2, 0.25) is 0 Å². The van der Waals surface area contributed by atoms with Gasteiger partial charge in [-0.3, -0.25) is 13.8 Å². The van der Waals surface area contributed by atoms with Crippen molar-refractivity contribution < 1.29 is 92.6 Å². The van der Waals surface area contributed by atoms with E-state index in [4.69, 9.17) is 76.8 Å². The number of aryl methyl sites for hydroxylation is 2. The lowest BCUT2D eigenvalue weighted by Gasteiger charge is -2.19.